The highest BCUT2D eigenvalue weighted by atomic mass is 79.9. The Morgan fingerprint density at radius 2 is 2.00 bits per heavy atom. The molecule has 0 bridgehead atoms. The van der Waals surface area contributed by atoms with E-state index in [1.54, 1.807) is 7.11 Å². The number of anilines is 1. The van der Waals surface area contributed by atoms with Gasteiger partial charge in [0.2, 0.25) is 0 Å². The molecule has 16 heavy (non-hydrogen) atoms. The molecule has 1 N–H and O–H groups in total. The Labute approximate surface area is 105 Å². The molecule has 0 aliphatic rings. The van der Waals surface area contributed by atoms with E-state index >= 15 is 0 Å². The first kappa shape index (κ1) is 13.0. The summed E-state index contributed by atoms with van der Waals surface area (Å²) in [5, 5.41) is 12.4. The fraction of sp³-hybridized carbons (Fsp3) is 0.417. The minimum Gasteiger partial charge on any atom is -0.378 e. The zero-order valence-electron chi connectivity index (χ0n) is 9.62. The van der Waals surface area contributed by atoms with Gasteiger partial charge in [0.15, 0.2) is 0 Å². The number of nitrogens with one attached hydrogen (secondary N) is 1. The molecule has 0 fully saturated rings. The average Bonchev–Trinajstić information content (AvgIpc) is 2.31. The van der Waals surface area contributed by atoms with Crippen molar-refractivity contribution in [3.8, 4) is 6.07 Å². The van der Waals surface area contributed by atoms with Crippen LogP contribution in [0.1, 0.15) is 13.8 Å². The first-order valence-electron chi connectivity index (χ1n) is 4.99. The van der Waals surface area contributed by atoms with E-state index in [1.807, 2.05) is 38.1 Å². The van der Waals surface area contributed by atoms with Crippen LogP contribution in [0.15, 0.2) is 28.7 Å². The molecule has 0 saturated heterocycles. The van der Waals surface area contributed by atoms with Crippen LogP contribution in [0.2, 0.25) is 0 Å². The van der Waals surface area contributed by atoms with E-state index in [0.29, 0.717) is 0 Å². The summed E-state index contributed by atoms with van der Waals surface area (Å²) in [6, 6.07) is 9.94. The minimum absolute atomic E-state index is 0.193. The Kier molecular flexibility index (Phi) is 4.34. The van der Waals surface area contributed by atoms with E-state index in [0.717, 1.165) is 10.2 Å². The summed E-state index contributed by atoms with van der Waals surface area (Å²) in [5.41, 5.74) is 0.166. The molecule has 86 valence electrons. The molecule has 4 heteroatoms. The molecule has 1 aromatic rings. The number of ether oxygens (including phenoxy) is 1. The number of methoxy groups -OCH3 is 1. The predicted molar refractivity (Wildman–Crippen MR) is 68.3 cm³/mol. The maximum atomic E-state index is 9.20. The van der Waals surface area contributed by atoms with Crippen molar-refractivity contribution in [1.82, 2.24) is 0 Å². The Hall–Kier alpha value is -1.05. The van der Waals surface area contributed by atoms with Crippen molar-refractivity contribution in [2.75, 3.05) is 12.4 Å². The molecule has 1 aromatic carbocycles. The third-order valence-electron chi connectivity index (χ3n) is 2.65. The fourth-order valence-corrected chi connectivity index (χ4v) is 1.55. The summed E-state index contributed by atoms with van der Waals surface area (Å²) >= 11 is 3.37. The van der Waals surface area contributed by atoms with Gasteiger partial charge in [-0.25, -0.2) is 0 Å². The number of nitriles is 1. The number of benzene rings is 1. The summed E-state index contributed by atoms with van der Waals surface area (Å²) < 4.78 is 6.22. The quantitative estimate of drug-likeness (QED) is 0.923. The van der Waals surface area contributed by atoms with Gasteiger partial charge >= 0.3 is 0 Å². The van der Waals surface area contributed by atoms with Gasteiger partial charge in [0, 0.05) is 17.3 Å². The molecule has 0 radical (unpaired) electrons. The molecular formula is C12H15BrN2O. The van der Waals surface area contributed by atoms with Crippen LogP contribution >= 0.6 is 15.9 Å². The van der Waals surface area contributed by atoms with Crippen molar-refractivity contribution in [3.63, 3.8) is 0 Å². The summed E-state index contributed by atoms with van der Waals surface area (Å²) in [7, 11) is 1.60. The third kappa shape index (κ3) is 2.97. The van der Waals surface area contributed by atoms with Gasteiger partial charge in [0.05, 0.1) is 12.2 Å². The van der Waals surface area contributed by atoms with E-state index in [9.17, 15) is 5.26 Å². The SMILES string of the molecule is COC(C)C(C)(C#N)Nc1ccc(Br)cc1. The lowest BCUT2D eigenvalue weighted by atomic mass is 9.97. The summed E-state index contributed by atoms with van der Waals surface area (Å²) in [5.74, 6) is 0. The predicted octanol–water partition coefficient (Wildman–Crippen LogP) is 3.18. The molecule has 0 heterocycles. The van der Waals surface area contributed by atoms with E-state index in [-0.39, 0.29) is 6.10 Å². The number of hydrogen-bond acceptors (Lipinski definition) is 3. The molecule has 0 aromatic heterocycles. The van der Waals surface area contributed by atoms with Gasteiger partial charge in [-0.2, -0.15) is 5.26 Å². The Morgan fingerprint density at radius 3 is 2.44 bits per heavy atom. The first-order chi connectivity index (χ1) is 7.51. The standard InChI is InChI=1S/C12H15BrN2O/c1-9(16-3)12(2,8-14)15-11-6-4-10(13)5-7-11/h4-7,9,15H,1-3H3. The van der Waals surface area contributed by atoms with Gasteiger partial charge in [0.1, 0.15) is 5.54 Å². The maximum Gasteiger partial charge on any atom is 0.148 e. The van der Waals surface area contributed by atoms with Crippen LogP contribution in [0.4, 0.5) is 5.69 Å². The molecule has 2 unspecified atom stereocenters. The van der Waals surface area contributed by atoms with Crippen molar-refractivity contribution in [2.24, 2.45) is 0 Å². The minimum atomic E-state index is -0.734. The van der Waals surface area contributed by atoms with E-state index in [2.05, 4.69) is 27.3 Å². The largest absolute Gasteiger partial charge is 0.378 e. The summed E-state index contributed by atoms with van der Waals surface area (Å²) in [4.78, 5) is 0. The van der Waals surface area contributed by atoms with Crippen LogP contribution in [-0.2, 0) is 4.74 Å². The average molecular weight is 283 g/mol. The van der Waals surface area contributed by atoms with Gasteiger partial charge in [-0.3, -0.25) is 0 Å². The molecule has 2 atom stereocenters. The second kappa shape index (κ2) is 5.33. The third-order valence-corrected chi connectivity index (χ3v) is 3.18. The molecule has 3 nitrogen and oxygen atoms in total. The lowest BCUT2D eigenvalue weighted by Crippen LogP contribution is -2.44. The van der Waals surface area contributed by atoms with Crippen molar-refractivity contribution in [3.05, 3.63) is 28.7 Å². The van der Waals surface area contributed by atoms with Gasteiger partial charge in [-0.15, -0.1) is 0 Å². The molecule has 1 rings (SSSR count). The molecule has 0 amide bonds. The van der Waals surface area contributed by atoms with Crippen molar-refractivity contribution >= 4 is 21.6 Å². The Bertz CT molecular complexity index is 385. The molecule has 0 saturated carbocycles. The highest BCUT2D eigenvalue weighted by Crippen LogP contribution is 2.21. The van der Waals surface area contributed by atoms with Gasteiger partial charge in [-0.1, -0.05) is 15.9 Å². The second-order valence-electron chi connectivity index (χ2n) is 3.82. The molecular weight excluding hydrogens is 268 g/mol. The van der Waals surface area contributed by atoms with E-state index in [4.69, 9.17) is 4.74 Å². The first-order valence-corrected chi connectivity index (χ1v) is 5.79. The summed E-state index contributed by atoms with van der Waals surface area (Å²) in [6.45, 7) is 3.69. The Balaban J connectivity index is 2.86. The number of halogens is 1. The monoisotopic (exact) mass is 282 g/mol. The zero-order chi connectivity index (χ0) is 12.2. The normalized spacial score (nSPS) is 15.9. The van der Waals surface area contributed by atoms with Crippen LogP contribution in [0, 0.1) is 11.3 Å². The van der Waals surface area contributed by atoms with Crippen molar-refractivity contribution in [1.29, 1.82) is 5.26 Å². The van der Waals surface area contributed by atoms with Crippen LogP contribution in [0.3, 0.4) is 0 Å². The molecule has 0 spiro atoms. The highest BCUT2D eigenvalue weighted by molar-refractivity contribution is 9.10. The lowest BCUT2D eigenvalue weighted by Gasteiger charge is -2.29. The molecule has 0 aliphatic heterocycles. The lowest BCUT2D eigenvalue weighted by molar-refractivity contribution is 0.0853. The van der Waals surface area contributed by atoms with E-state index in [1.165, 1.54) is 0 Å². The van der Waals surface area contributed by atoms with Gasteiger partial charge in [-0.05, 0) is 38.1 Å². The number of rotatable bonds is 4. The van der Waals surface area contributed by atoms with Crippen molar-refractivity contribution < 1.29 is 4.74 Å². The van der Waals surface area contributed by atoms with Crippen LogP contribution < -0.4 is 5.32 Å². The van der Waals surface area contributed by atoms with Gasteiger partial charge in [0.25, 0.3) is 0 Å². The Morgan fingerprint density at radius 1 is 1.44 bits per heavy atom. The number of hydrogen-bond donors (Lipinski definition) is 1. The smallest absolute Gasteiger partial charge is 0.148 e. The summed E-state index contributed by atoms with van der Waals surface area (Å²) in [6.07, 6.45) is -0.193. The zero-order valence-corrected chi connectivity index (χ0v) is 11.2. The molecule has 0 aliphatic carbocycles. The topological polar surface area (TPSA) is 45.0 Å². The van der Waals surface area contributed by atoms with E-state index < -0.39 is 5.54 Å². The van der Waals surface area contributed by atoms with Crippen LogP contribution in [-0.4, -0.2) is 18.8 Å². The second-order valence-corrected chi connectivity index (χ2v) is 4.74. The number of nitrogens with zero attached hydrogens (tertiary/aromatic N) is 1. The van der Waals surface area contributed by atoms with Crippen LogP contribution in [0.25, 0.3) is 0 Å². The maximum absolute atomic E-state index is 9.20. The highest BCUT2D eigenvalue weighted by Gasteiger charge is 2.31. The fourth-order valence-electron chi connectivity index (χ4n) is 1.29. The van der Waals surface area contributed by atoms with Crippen molar-refractivity contribution in [2.45, 2.75) is 25.5 Å². The van der Waals surface area contributed by atoms with Crippen LogP contribution in [0.5, 0.6) is 0 Å². The van der Waals surface area contributed by atoms with Gasteiger partial charge < -0.3 is 10.1 Å².